The molecule has 0 spiro atoms. The highest BCUT2D eigenvalue weighted by atomic mass is 35.5. The summed E-state index contributed by atoms with van der Waals surface area (Å²) in [5.74, 6) is 0.485. The van der Waals surface area contributed by atoms with Gasteiger partial charge in [0.25, 0.3) is 0 Å². The maximum atomic E-state index is 6.07. The SMILES string of the molecule is Cc1nnc(Oc2ccc(CN)cc2Cl)nc1C. The van der Waals surface area contributed by atoms with Crippen LogP contribution in [0.25, 0.3) is 0 Å². The fraction of sp³-hybridized carbons (Fsp3) is 0.250. The zero-order valence-corrected chi connectivity index (χ0v) is 10.9. The van der Waals surface area contributed by atoms with Crippen LogP contribution < -0.4 is 10.5 Å². The van der Waals surface area contributed by atoms with Crippen LogP contribution in [0.4, 0.5) is 0 Å². The summed E-state index contributed by atoms with van der Waals surface area (Å²) < 4.78 is 5.49. The van der Waals surface area contributed by atoms with Gasteiger partial charge in [0.05, 0.1) is 16.4 Å². The number of halogens is 1. The molecule has 0 aliphatic rings. The molecule has 1 aromatic heterocycles. The number of rotatable bonds is 3. The molecule has 0 aliphatic carbocycles. The Morgan fingerprint density at radius 2 is 2.00 bits per heavy atom. The van der Waals surface area contributed by atoms with Crippen LogP contribution in [-0.2, 0) is 6.54 Å². The molecule has 0 atom stereocenters. The Balaban J connectivity index is 2.25. The Bertz CT molecular complexity index is 574. The summed E-state index contributed by atoms with van der Waals surface area (Å²) in [5, 5.41) is 8.26. The summed E-state index contributed by atoms with van der Waals surface area (Å²) in [6, 6.07) is 5.52. The van der Waals surface area contributed by atoms with E-state index >= 15 is 0 Å². The van der Waals surface area contributed by atoms with Crippen molar-refractivity contribution in [1.82, 2.24) is 15.2 Å². The highest BCUT2D eigenvalue weighted by molar-refractivity contribution is 6.32. The van der Waals surface area contributed by atoms with Crippen molar-refractivity contribution in [3.8, 4) is 11.8 Å². The van der Waals surface area contributed by atoms with Gasteiger partial charge in [-0.3, -0.25) is 0 Å². The average Bonchev–Trinajstić information content (AvgIpc) is 2.36. The Labute approximate surface area is 110 Å². The molecule has 2 rings (SSSR count). The van der Waals surface area contributed by atoms with Crippen LogP contribution in [0.2, 0.25) is 5.02 Å². The third kappa shape index (κ3) is 2.75. The zero-order valence-electron chi connectivity index (χ0n) is 10.1. The minimum atomic E-state index is 0.181. The number of benzene rings is 1. The Kier molecular flexibility index (Phi) is 3.74. The largest absolute Gasteiger partial charge is 0.422 e. The molecule has 0 saturated carbocycles. The summed E-state index contributed by atoms with van der Waals surface area (Å²) in [4.78, 5) is 4.17. The van der Waals surface area contributed by atoms with E-state index in [-0.39, 0.29) is 6.01 Å². The van der Waals surface area contributed by atoms with Crippen molar-refractivity contribution in [2.75, 3.05) is 0 Å². The third-order valence-electron chi connectivity index (χ3n) is 2.51. The predicted octanol–water partition coefficient (Wildman–Crippen LogP) is 2.39. The molecule has 2 N–H and O–H groups in total. The molecular weight excluding hydrogens is 252 g/mol. The van der Waals surface area contributed by atoms with E-state index in [1.54, 1.807) is 12.1 Å². The normalized spacial score (nSPS) is 10.4. The van der Waals surface area contributed by atoms with Crippen molar-refractivity contribution in [2.45, 2.75) is 20.4 Å². The fourth-order valence-corrected chi connectivity index (χ4v) is 1.57. The van der Waals surface area contributed by atoms with Crippen LogP contribution in [0.15, 0.2) is 18.2 Å². The number of hydrogen-bond acceptors (Lipinski definition) is 5. The summed E-state index contributed by atoms with van der Waals surface area (Å²) in [6.45, 7) is 4.11. The number of aromatic nitrogens is 3. The van der Waals surface area contributed by atoms with E-state index in [0.29, 0.717) is 17.3 Å². The first kappa shape index (κ1) is 12.7. The van der Waals surface area contributed by atoms with Gasteiger partial charge in [0.2, 0.25) is 0 Å². The Hall–Kier alpha value is -1.72. The molecule has 0 fully saturated rings. The van der Waals surface area contributed by atoms with Crippen LogP contribution in [0.3, 0.4) is 0 Å². The summed E-state index contributed by atoms with van der Waals surface area (Å²) in [5.41, 5.74) is 8.00. The smallest absolute Gasteiger partial charge is 0.341 e. The van der Waals surface area contributed by atoms with Crippen molar-refractivity contribution in [3.05, 3.63) is 40.2 Å². The van der Waals surface area contributed by atoms with E-state index in [9.17, 15) is 0 Å². The molecule has 1 heterocycles. The Morgan fingerprint density at radius 3 is 2.61 bits per heavy atom. The van der Waals surface area contributed by atoms with Gasteiger partial charge in [0.1, 0.15) is 5.75 Å². The lowest BCUT2D eigenvalue weighted by atomic mass is 10.2. The first-order chi connectivity index (χ1) is 8.60. The molecule has 0 amide bonds. The molecule has 0 radical (unpaired) electrons. The summed E-state index contributed by atoms with van der Waals surface area (Å²) >= 11 is 6.07. The molecular formula is C12H13ClN4O. The summed E-state index contributed by atoms with van der Waals surface area (Å²) in [6.07, 6.45) is 0. The quantitative estimate of drug-likeness (QED) is 0.921. The maximum absolute atomic E-state index is 6.07. The van der Waals surface area contributed by atoms with Gasteiger partial charge < -0.3 is 10.5 Å². The van der Waals surface area contributed by atoms with E-state index in [1.807, 2.05) is 19.9 Å². The second kappa shape index (κ2) is 5.29. The lowest BCUT2D eigenvalue weighted by Gasteiger charge is -2.07. The molecule has 94 valence electrons. The molecule has 2 aromatic rings. The minimum Gasteiger partial charge on any atom is -0.422 e. The van der Waals surface area contributed by atoms with Crippen molar-refractivity contribution in [2.24, 2.45) is 5.73 Å². The van der Waals surface area contributed by atoms with Gasteiger partial charge >= 0.3 is 6.01 Å². The van der Waals surface area contributed by atoms with Crippen LogP contribution in [0.5, 0.6) is 11.8 Å². The third-order valence-corrected chi connectivity index (χ3v) is 2.80. The molecule has 0 bridgehead atoms. The molecule has 5 nitrogen and oxygen atoms in total. The standard InChI is InChI=1S/C12H13ClN4O/c1-7-8(2)16-17-12(15-7)18-11-4-3-9(6-14)5-10(11)13/h3-5H,6,14H2,1-2H3. The first-order valence-electron chi connectivity index (χ1n) is 5.44. The fourth-order valence-electron chi connectivity index (χ4n) is 1.33. The average molecular weight is 265 g/mol. The maximum Gasteiger partial charge on any atom is 0.341 e. The molecule has 1 aromatic carbocycles. The lowest BCUT2D eigenvalue weighted by Crippen LogP contribution is -2.00. The van der Waals surface area contributed by atoms with Gasteiger partial charge in [-0.2, -0.15) is 4.98 Å². The second-order valence-electron chi connectivity index (χ2n) is 3.84. The highest BCUT2D eigenvalue weighted by Gasteiger charge is 2.08. The van der Waals surface area contributed by atoms with Crippen molar-refractivity contribution in [1.29, 1.82) is 0 Å². The predicted molar refractivity (Wildman–Crippen MR) is 68.7 cm³/mol. The first-order valence-corrected chi connectivity index (χ1v) is 5.82. The van der Waals surface area contributed by atoms with Crippen LogP contribution in [0, 0.1) is 13.8 Å². The van der Waals surface area contributed by atoms with E-state index in [4.69, 9.17) is 22.1 Å². The molecule has 18 heavy (non-hydrogen) atoms. The van der Waals surface area contributed by atoms with Crippen LogP contribution in [-0.4, -0.2) is 15.2 Å². The van der Waals surface area contributed by atoms with Gasteiger partial charge in [0, 0.05) is 6.54 Å². The monoisotopic (exact) mass is 264 g/mol. The number of nitrogens with two attached hydrogens (primary N) is 1. The minimum absolute atomic E-state index is 0.181. The molecule has 6 heteroatoms. The van der Waals surface area contributed by atoms with E-state index < -0.39 is 0 Å². The van der Waals surface area contributed by atoms with Crippen LogP contribution >= 0.6 is 11.6 Å². The lowest BCUT2D eigenvalue weighted by molar-refractivity contribution is 0.430. The van der Waals surface area contributed by atoms with Crippen molar-refractivity contribution < 1.29 is 4.74 Å². The van der Waals surface area contributed by atoms with Crippen LogP contribution in [0.1, 0.15) is 17.0 Å². The number of hydrogen-bond donors (Lipinski definition) is 1. The number of aryl methyl sites for hydroxylation is 2. The van der Waals surface area contributed by atoms with Gasteiger partial charge in [-0.1, -0.05) is 22.8 Å². The van der Waals surface area contributed by atoms with E-state index in [2.05, 4.69) is 15.2 Å². The highest BCUT2D eigenvalue weighted by Crippen LogP contribution is 2.28. The molecule has 0 aliphatic heterocycles. The van der Waals surface area contributed by atoms with Gasteiger partial charge in [-0.15, -0.1) is 5.10 Å². The van der Waals surface area contributed by atoms with Gasteiger partial charge in [0.15, 0.2) is 0 Å². The van der Waals surface area contributed by atoms with Crippen molar-refractivity contribution in [3.63, 3.8) is 0 Å². The zero-order chi connectivity index (χ0) is 13.1. The van der Waals surface area contributed by atoms with E-state index in [1.165, 1.54) is 0 Å². The van der Waals surface area contributed by atoms with E-state index in [0.717, 1.165) is 17.0 Å². The van der Waals surface area contributed by atoms with Gasteiger partial charge in [-0.25, -0.2) is 0 Å². The number of nitrogens with zero attached hydrogens (tertiary/aromatic N) is 3. The summed E-state index contributed by atoms with van der Waals surface area (Å²) in [7, 11) is 0. The topological polar surface area (TPSA) is 73.9 Å². The van der Waals surface area contributed by atoms with Gasteiger partial charge in [-0.05, 0) is 31.5 Å². The second-order valence-corrected chi connectivity index (χ2v) is 4.24. The molecule has 0 unspecified atom stereocenters. The number of ether oxygens (including phenoxy) is 1. The van der Waals surface area contributed by atoms with Crippen molar-refractivity contribution >= 4 is 11.6 Å². The molecule has 0 saturated heterocycles. The Morgan fingerprint density at radius 1 is 1.22 bits per heavy atom.